The van der Waals surface area contributed by atoms with E-state index in [2.05, 4.69) is 18.0 Å². The van der Waals surface area contributed by atoms with Gasteiger partial charge in [-0.2, -0.15) is 0 Å². The Labute approximate surface area is 118 Å². The Hall–Kier alpha value is -2.16. The summed E-state index contributed by atoms with van der Waals surface area (Å²) in [6.07, 6.45) is 5.71. The summed E-state index contributed by atoms with van der Waals surface area (Å²) in [5.74, 6) is 0.116. The van der Waals surface area contributed by atoms with Crippen molar-refractivity contribution in [1.82, 2.24) is 4.98 Å². The molecule has 20 heavy (non-hydrogen) atoms. The van der Waals surface area contributed by atoms with Gasteiger partial charge in [-0.1, -0.05) is 17.7 Å². The quantitative estimate of drug-likeness (QED) is 0.791. The van der Waals surface area contributed by atoms with E-state index in [1.807, 2.05) is 36.2 Å². The first-order valence-electron chi connectivity index (χ1n) is 6.99. The number of fused-ring (bicyclic) bond motifs is 2. The van der Waals surface area contributed by atoms with E-state index >= 15 is 0 Å². The molecule has 0 unspecified atom stereocenters. The van der Waals surface area contributed by atoms with Crippen LogP contribution in [0.2, 0.25) is 0 Å². The standard InChI is InChI=1S/C17H16N2O/c1-11-3-4-14-15(8-11)17(5-6-17)19(16(14)20)13-7-12(2)9-18-10-13/h3-4,7-10H,5-6H2,1-2H3. The second kappa shape index (κ2) is 3.69. The highest BCUT2D eigenvalue weighted by atomic mass is 16.2. The number of amides is 1. The molecular formula is C17H16N2O. The summed E-state index contributed by atoms with van der Waals surface area (Å²) in [5, 5.41) is 0. The molecule has 0 atom stereocenters. The van der Waals surface area contributed by atoms with Crippen LogP contribution in [0.4, 0.5) is 5.69 Å². The minimum absolute atomic E-state index is 0.103. The summed E-state index contributed by atoms with van der Waals surface area (Å²) in [6, 6.07) is 8.20. The van der Waals surface area contributed by atoms with Crippen LogP contribution in [-0.4, -0.2) is 10.9 Å². The van der Waals surface area contributed by atoms with E-state index in [0.717, 1.165) is 29.7 Å². The minimum Gasteiger partial charge on any atom is -0.297 e. The zero-order valence-electron chi connectivity index (χ0n) is 11.7. The van der Waals surface area contributed by atoms with Crippen LogP contribution in [0.5, 0.6) is 0 Å². The van der Waals surface area contributed by atoms with Crippen molar-refractivity contribution in [3.63, 3.8) is 0 Å². The molecule has 100 valence electrons. The van der Waals surface area contributed by atoms with Gasteiger partial charge >= 0.3 is 0 Å². The molecule has 0 bridgehead atoms. The van der Waals surface area contributed by atoms with Gasteiger partial charge in [0, 0.05) is 11.8 Å². The number of pyridine rings is 1. The number of nitrogens with zero attached hydrogens (tertiary/aromatic N) is 2. The minimum atomic E-state index is -0.103. The fourth-order valence-corrected chi connectivity index (χ4v) is 3.30. The van der Waals surface area contributed by atoms with Crippen molar-refractivity contribution in [2.24, 2.45) is 0 Å². The van der Waals surface area contributed by atoms with Crippen molar-refractivity contribution in [2.45, 2.75) is 32.2 Å². The zero-order chi connectivity index (χ0) is 13.9. The molecule has 4 rings (SSSR count). The molecule has 0 N–H and O–H groups in total. The molecule has 2 aromatic rings. The molecule has 2 heterocycles. The number of aromatic nitrogens is 1. The van der Waals surface area contributed by atoms with Crippen molar-refractivity contribution < 1.29 is 4.79 Å². The average Bonchev–Trinajstić information content (AvgIpc) is 3.15. The van der Waals surface area contributed by atoms with Gasteiger partial charge in [0.25, 0.3) is 5.91 Å². The Balaban J connectivity index is 1.90. The third-order valence-electron chi connectivity index (χ3n) is 4.38. The van der Waals surface area contributed by atoms with Crippen molar-refractivity contribution in [1.29, 1.82) is 0 Å². The molecule has 3 heteroatoms. The topological polar surface area (TPSA) is 33.2 Å². The molecule has 1 aliphatic carbocycles. The lowest BCUT2D eigenvalue weighted by Gasteiger charge is -2.25. The number of hydrogen-bond donors (Lipinski definition) is 0. The number of aryl methyl sites for hydroxylation is 2. The van der Waals surface area contributed by atoms with Gasteiger partial charge in [0.15, 0.2) is 0 Å². The highest BCUT2D eigenvalue weighted by Crippen LogP contribution is 2.57. The number of anilines is 1. The van der Waals surface area contributed by atoms with Crippen LogP contribution in [0.3, 0.4) is 0 Å². The fraction of sp³-hybridized carbons (Fsp3) is 0.294. The lowest BCUT2D eigenvalue weighted by atomic mass is 10.0. The Morgan fingerprint density at radius 3 is 2.60 bits per heavy atom. The van der Waals surface area contributed by atoms with E-state index in [0.29, 0.717) is 0 Å². The van der Waals surface area contributed by atoms with E-state index in [-0.39, 0.29) is 11.4 Å². The molecular weight excluding hydrogens is 248 g/mol. The lowest BCUT2D eigenvalue weighted by Crippen LogP contribution is -2.33. The molecule has 1 saturated carbocycles. The molecule has 1 amide bonds. The molecule has 1 aliphatic heterocycles. The molecule has 0 saturated heterocycles. The van der Waals surface area contributed by atoms with Gasteiger partial charge in [-0.3, -0.25) is 14.7 Å². The van der Waals surface area contributed by atoms with Gasteiger partial charge in [0.2, 0.25) is 0 Å². The molecule has 1 aromatic heterocycles. The fourth-order valence-electron chi connectivity index (χ4n) is 3.30. The molecule has 1 spiro atoms. The van der Waals surface area contributed by atoms with Gasteiger partial charge in [-0.15, -0.1) is 0 Å². The maximum atomic E-state index is 12.8. The third kappa shape index (κ3) is 1.40. The van der Waals surface area contributed by atoms with Crippen molar-refractivity contribution in [2.75, 3.05) is 4.90 Å². The largest absolute Gasteiger partial charge is 0.297 e. The Morgan fingerprint density at radius 2 is 1.90 bits per heavy atom. The predicted molar refractivity (Wildman–Crippen MR) is 77.9 cm³/mol. The smallest absolute Gasteiger partial charge is 0.259 e. The molecule has 1 fully saturated rings. The average molecular weight is 264 g/mol. The van der Waals surface area contributed by atoms with E-state index in [1.54, 1.807) is 6.20 Å². The van der Waals surface area contributed by atoms with Crippen molar-refractivity contribution in [3.8, 4) is 0 Å². The maximum absolute atomic E-state index is 12.8. The van der Waals surface area contributed by atoms with Gasteiger partial charge in [-0.25, -0.2) is 0 Å². The molecule has 3 nitrogen and oxygen atoms in total. The summed E-state index contributed by atoms with van der Waals surface area (Å²) in [5.41, 5.74) is 5.17. The normalized spacial score (nSPS) is 18.5. The van der Waals surface area contributed by atoms with Crippen molar-refractivity contribution >= 4 is 11.6 Å². The first-order valence-corrected chi connectivity index (χ1v) is 6.99. The SMILES string of the molecule is Cc1cncc(N2C(=O)c3ccc(C)cc3C23CC3)c1. The Kier molecular flexibility index (Phi) is 2.15. The van der Waals surface area contributed by atoms with Crippen LogP contribution >= 0.6 is 0 Å². The number of hydrogen-bond acceptors (Lipinski definition) is 2. The lowest BCUT2D eigenvalue weighted by molar-refractivity contribution is 0.0989. The van der Waals surface area contributed by atoms with E-state index in [4.69, 9.17) is 0 Å². The summed E-state index contributed by atoms with van der Waals surface area (Å²) in [4.78, 5) is 19.0. The Morgan fingerprint density at radius 1 is 1.10 bits per heavy atom. The van der Waals surface area contributed by atoms with Crippen molar-refractivity contribution in [3.05, 3.63) is 58.9 Å². The number of benzene rings is 1. The number of carbonyl (C=O) groups is 1. The number of carbonyl (C=O) groups excluding carboxylic acids is 1. The van der Waals surface area contributed by atoms with Gasteiger partial charge in [0.05, 0.1) is 17.4 Å². The Bertz CT molecular complexity index is 732. The van der Waals surface area contributed by atoms with Crippen LogP contribution in [0.1, 0.15) is 39.9 Å². The molecule has 1 aromatic carbocycles. The maximum Gasteiger partial charge on any atom is 0.259 e. The first-order chi connectivity index (χ1) is 9.62. The molecule has 0 radical (unpaired) electrons. The summed E-state index contributed by atoms with van der Waals surface area (Å²) < 4.78 is 0. The van der Waals surface area contributed by atoms with Crippen LogP contribution in [-0.2, 0) is 5.54 Å². The van der Waals surface area contributed by atoms with Gasteiger partial charge < -0.3 is 0 Å². The van der Waals surface area contributed by atoms with E-state index < -0.39 is 0 Å². The third-order valence-corrected chi connectivity index (χ3v) is 4.38. The van der Waals surface area contributed by atoms with E-state index in [9.17, 15) is 4.79 Å². The highest BCUT2D eigenvalue weighted by molar-refractivity contribution is 6.12. The molecule has 2 aliphatic rings. The van der Waals surface area contributed by atoms with E-state index in [1.165, 1.54) is 11.1 Å². The zero-order valence-corrected chi connectivity index (χ0v) is 11.7. The van der Waals surface area contributed by atoms with Gasteiger partial charge in [0.1, 0.15) is 0 Å². The predicted octanol–water partition coefficient (Wildman–Crippen LogP) is 3.35. The summed E-state index contributed by atoms with van der Waals surface area (Å²) >= 11 is 0. The first kappa shape index (κ1) is 11.6. The second-order valence-electron chi connectivity index (χ2n) is 5.94. The van der Waals surface area contributed by atoms with Crippen LogP contribution in [0.15, 0.2) is 36.7 Å². The highest BCUT2D eigenvalue weighted by Gasteiger charge is 2.58. The monoisotopic (exact) mass is 264 g/mol. The van der Waals surface area contributed by atoms with Crippen LogP contribution in [0, 0.1) is 13.8 Å². The van der Waals surface area contributed by atoms with Crippen LogP contribution < -0.4 is 4.90 Å². The summed E-state index contributed by atoms with van der Waals surface area (Å²) in [6.45, 7) is 4.09. The summed E-state index contributed by atoms with van der Waals surface area (Å²) in [7, 11) is 0. The second-order valence-corrected chi connectivity index (χ2v) is 5.94. The van der Waals surface area contributed by atoms with Gasteiger partial charge in [-0.05, 0) is 49.9 Å². The number of rotatable bonds is 1. The van der Waals surface area contributed by atoms with Crippen LogP contribution in [0.25, 0.3) is 0 Å².